The Balaban J connectivity index is 1.80. The van der Waals surface area contributed by atoms with Crippen LogP contribution in [0, 0.1) is 0 Å². The summed E-state index contributed by atoms with van der Waals surface area (Å²) in [6.07, 6.45) is 4.05. The van der Waals surface area contributed by atoms with Crippen molar-refractivity contribution in [1.29, 1.82) is 0 Å². The van der Waals surface area contributed by atoms with Crippen LogP contribution in [0.5, 0.6) is 0 Å². The third-order valence-corrected chi connectivity index (χ3v) is 4.44. The fourth-order valence-electron chi connectivity index (χ4n) is 3.62. The number of piperidine rings is 1. The van der Waals surface area contributed by atoms with Gasteiger partial charge in [0.1, 0.15) is 0 Å². The van der Waals surface area contributed by atoms with Gasteiger partial charge < -0.3 is 5.32 Å². The Morgan fingerprint density at radius 3 is 2.35 bits per heavy atom. The van der Waals surface area contributed by atoms with Crippen molar-refractivity contribution in [2.45, 2.75) is 37.3 Å². The van der Waals surface area contributed by atoms with Gasteiger partial charge in [0.2, 0.25) is 0 Å². The highest BCUT2D eigenvalue weighted by molar-refractivity contribution is 5.86. The van der Waals surface area contributed by atoms with E-state index in [4.69, 9.17) is 0 Å². The Morgan fingerprint density at radius 2 is 1.53 bits per heavy atom. The zero-order chi connectivity index (χ0) is 11.2. The number of benzene rings is 2. The summed E-state index contributed by atoms with van der Waals surface area (Å²) in [5.74, 6) is 0.770. The van der Waals surface area contributed by atoms with Gasteiger partial charge in [-0.25, -0.2) is 0 Å². The number of hydrogen-bond acceptors (Lipinski definition) is 1. The maximum absolute atomic E-state index is 3.63. The molecule has 0 aromatic heterocycles. The topological polar surface area (TPSA) is 12.0 Å². The lowest BCUT2D eigenvalue weighted by Gasteiger charge is -2.47. The van der Waals surface area contributed by atoms with Crippen molar-refractivity contribution in [3.05, 3.63) is 48.0 Å². The van der Waals surface area contributed by atoms with Crippen LogP contribution < -0.4 is 5.32 Å². The Hall–Kier alpha value is -1.34. The molecule has 86 valence electrons. The lowest BCUT2D eigenvalue weighted by atomic mass is 9.72. The van der Waals surface area contributed by atoms with E-state index in [-0.39, 0.29) is 0 Å². The molecule has 2 bridgehead atoms. The lowest BCUT2D eigenvalue weighted by Crippen LogP contribution is -2.57. The summed E-state index contributed by atoms with van der Waals surface area (Å²) >= 11 is 0. The predicted molar refractivity (Wildman–Crippen MR) is 71.3 cm³/mol. The monoisotopic (exact) mass is 223 g/mol. The van der Waals surface area contributed by atoms with Crippen molar-refractivity contribution < 1.29 is 0 Å². The molecule has 2 aromatic rings. The maximum Gasteiger partial charge on any atom is 0.00903 e. The molecule has 1 N–H and O–H groups in total. The molecule has 5 rings (SSSR count). The highest BCUT2D eigenvalue weighted by atomic mass is 15.0. The predicted octanol–water partition coefficient (Wildman–Crippen LogP) is 3.45. The standard InChI is InChI=1S/C16H17N/c1-2-6-15-11(4-1)5-3-7-16(15)12-8-13-10-14(9-12)17-13/h1-7,12-14,17H,8-10H2. The zero-order valence-electron chi connectivity index (χ0n) is 9.89. The van der Waals surface area contributed by atoms with Gasteiger partial charge in [0, 0.05) is 12.1 Å². The van der Waals surface area contributed by atoms with Gasteiger partial charge in [0.15, 0.2) is 0 Å². The van der Waals surface area contributed by atoms with Gasteiger partial charge in [-0.15, -0.1) is 0 Å². The van der Waals surface area contributed by atoms with Crippen LogP contribution in [0.15, 0.2) is 42.5 Å². The van der Waals surface area contributed by atoms with E-state index in [1.807, 2.05) is 0 Å². The quantitative estimate of drug-likeness (QED) is 0.780. The third-order valence-electron chi connectivity index (χ3n) is 4.44. The Bertz CT molecular complexity index is 539. The first kappa shape index (κ1) is 9.67. The minimum Gasteiger partial charge on any atom is -0.311 e. The van der Waals surface area contributed by atoms with E-state index < -0.39 is 0 Å². The Morgan fingerprint density at radius 1 is 0.824 bits per heavy atom. The van der Waals surface area contributed by atoms with Crippen molar-refractivity contribution in [3.8, 4) is 0 Å². The molecule has 17 heavy (non-hydrogen) atoms. The van der Waals surface area contributed by atoms with E-state index in [0.717, 1.165) is 18.0 Å². The van der Waals surface area contributed by atoms with Crippen LogP contribution in [0.3, 0.4) is 0 Å². The minimum atomic E-state index is 0.770. The van der Waals surface area contributed by atoms with Gasteiger partial charge in [-0.2, -0.15) is 0 Å². The van der Waals surface area contributed by atoms with Crippen LogP contribution in [0.2, 0.25) is 0 Å². The molecule has 0 amide bonds. The number of fused-ring (bicyclic) bond motifs is 3. The molecule has 0 radical (unpaired) electrons. The van der Waals surface area contributed by atoms with Crippen LogP contribution >= 0.6 is 0 Å². The van der Waals surface area contributed by atoms with E-state index in [1.54, 1.807) is 5.56 Å². The molecule has 3 fully saturated rings. The molecule has 1 aliphatic carbocycles. The van der Waals surface area contributed by atoms with Crippen LogP contribution in [-0.4, -0.2) is 12.1 Å². The molecule has 1 saturated carbocycles. The Labute approximate surface area is 102 Å². The maximum atomic E-state index is 3.63. The van der Waals surface area contributed by atoms with Gasteiger partial charge in [0.05, 0.1) is 0 Å². The highest BCUT2D eigenvalue weighted by Crippen LogP contribution is 2.40. The Kier molecular flexibility index (Phi) is 2.03. The van der Waals surface area contributed by atoms with Gasteiger partial charge in [-0.3, -0.25) is 0 Å². The zero-order valence-corrected chi connectivity index (χ0v) is 9.89. The lowest BCUT2D eigenvalue weighted by molar-refractivity contribution is 0.162. The number of rotatable bonds is 1. The van der Waals surface area contributed by atoms with Crippen molar-refractivity contribution in [1.82, 2.24) is 5.32 Å². The van der Waals surface area contributed by atoms with E-state index >= 15 is 0 Å². The van der Waals surface area contributed by atoms with Crippen molar-refractivity contribution in [2.75, 3.05) is 0 Å². The van der Waals surface area contributed by atoms with Gasteiger partial charge >= 0.3 is 0 Å². The molecule has 2 saturated heterocycles. The molecule has 2 aromatic carbocycles. The van der Waals surface area contributed by atoms with E-state index in [2.05, 4.69) is 47.8 Å². The smallest absolute Gasteiger partial charge is 0.00903 e. The second-order valence-electron chi connectivity index (χ2n) is 5.53. The largest absolute Gasteiger partial charge is 0.311 e. The van der Waals surface area contributed by atoms with Crippen molar-refractivity contribution in [3.63, 3.8) is 0 Å². The second-order valence-corrected chi connectivity index (χ2v) is 5.53. The third kappa shape index (κ3) is 1.49. The number of hydrogen-bond donors (Lipinski definition) is 1. The van der Waals surface area contributed by atoms with Crippen LogP contribution in [-0.2, 0) is 0 Å². The van der Waals surface area contributed by atoms with E-state index in [0.29, 0.717) is 0 Å². The van der Waals surface area contributed by atoms with Crippen molar-refractivity contribution in [2.24, 2.45) is 0 Å². The average Bonchev–Trinajstić information content (AvgIpc) is 2.37. The SMILES string of the molecule is c1ccc2c(C3CC4CC(C3)N4)cccc2c1. The van der Waals surface area contributed by atoms with Crippen molar-refractivity contribution >= 4 is 10.8 Å². The van der Waals surface area contributed by atoms with Crippen LogP contribution in [0.25, 0.3) is 10.8 Å². The summed E-state index contributed by atoms with van der Waals surface area (Å²) in [6, 6.07) is 17.1. The van der Waals surface area contributed by atoms with E-state index in [1.165, 1.54) is 30.0 Å². The van der Waals surface area contributed by atoms with Crippen LogP contribution in [0.1, 0.15) is 30.7 Å². The van der Waals surface area contributed by atoms with Crippen LogP contribution in [0.4, 0.5) is 0 Å². The normalized spacial score (nSPS) is 31.2. The first-order valence-electron chi connectivity index (χ1n) is 6.64. The number of nitrogens with one attached hydrogen (secondary N) is 1. The molecule has 2 unspecified atom stereocenters. The molecule has 1 nitrogen and oxygen atoms in total. The molecule has 2 aliphatic heterocycles. The van der Waals surface area contributed by atoms with Gasteiger partial charge in [0.25, 0.3) is 0 Å². The molecule has 2 heterocycles. The molecule has 2 atom stereocenters. The second kappa shape index (κ2) is 3.58. The fraction of sp³-hybridized carbons (Fsp3) is 0.375. The first-order valence-corrected chi connectivity index (χ1v) is 6.64. The van der Waals surface area contributed by atoms with E-state index in [9.17, 15) is 0 Å². The fourth-order valence-corrected chi connectivity index (χ4v) is 3.62. The summed E-state index contributed by atoms with van der Waals surface area (Å²) in [7, 11) is 0. The summed E-state index contributed by atoms with van der Waals surface area (Å²) in [6.45, 7) is 0. The molecule has 1 heteroatoms. The average molecular weight is 223 g/mol. The molecule has 0 spiro atoms. The molecular weight excluding hydrogens is 206 g/mol. The minimum absolute atomic E-state index is 0.770. The first-order chi connectivity index (χ1) is 8.40. The molecule has 3 aliphatic rings. The van der Waals surface area contributed by atoms with Gasteiger partial charge in [-0.05, 0) is 41.5 Å². The molecular formula is C16H17N. The summed E-state index contributed by atoms with van der Waals surface area (Å²) in [5, 5.41) is 6.47. The summed E-state index contributed by atoms with van der Waals surface area (Å²) in [5.41, 5.74) is 1.57. The summed E-state index contributed by atoms with van der Waals surface area (Å²) in [4.78, 5) is 0. The highest BCUT2D eigenvalue weighted by Gasteiger charge is 2.38. The van der Waals surface area contributed by atoms with Gasteiger partial charge in [-0.1, -0.05) is 42.5 Å². The summed E-state index contributed by atoms with van der Waals surface area (Å²) < 4.78 is 0.